The predicted molar refractivity (Wildman–Crippen MR) is 65.2 cm³/mol. The predicted octanol–water partition coefficient (Wildman–Crippen LogP) is 1.90. The summed E-state index contributed by atoms with van der Waals surface area (Å²) in [5.41, 5.74) is 13.7. The standard InChI is InChI=1S/C11H11N5O3/c12-10(17)9-2-1-5-16(9)7-3-4-8(6-7)19-11(18)14-15-13/h1-5,7-8H,6H2,(H2,12,17)/t7-,8-/m0/s1. The lowest BCUT2D eigenvalue weighted by atomic mass is 10.2. The highest BCUT2D eigenvalue weighted by molar-refractivity contribution is 5.91. The number of ether oxygens (including phenoxy) is 1. The summed E-state index contributed by atoms with van der Waals surface area (Å²) in [6.07, 6.45) is 4.22. The van der Waals surface area contributed by atoms with Crippen LogP contribution < -0.4 is 5.73 Å². The summed E-state index contributed by atoms with van der Waals surface area (Å²) in [6.45, 7) is 0. The lowest BCUT2D eigenvalue weighted by Crippen LogP contribution is -2.20. The third-order valence-corrected chi connectivity index (χ3v) is 2.79. The number of hydrogen-bond acceptors (Lipinski definition) is 3. The Morgan fingerprint density at radius 2 is 2.32 bits per heavy atom. The largest absolute Gasteiger partial charge is 0.453 e. The number of allylic oxidation sites excluding steroid dienone is 1. The van der Waals surface area contributed by atoms with Gasteiger partial charge in [-0.25, -0.2) is 4.79 Å². The van der Waals surface area contributed by atoms with Crippen molar-refractivity contribution in [3.05, 3.63) is 46.6 Å². The summed E-state index contributed by atoms with van der Waals surface area (Å²) in [5, 5.41) is 2.83. The normalized spacial score (nSPS) is 20.8. The number of nitrogens with zero attached hydrogens (tertiary/aromatic N) is 4. The van der Waals surface area contributed by atoms with Crippen molar-refractivity contribution < 1.29 is 14.3 Å². The molecular weight excluding hydrogens is 250 g/mol. The first-order valence-corrected chi connectivity index (χ1v) is 5.52. The van der Waals surface area contributed by atoms with Crippen LogP contribution in [0.3, 0.4) is 0 Å². The zero-order valence-corrected chi connectivity index (χ0v) is 9.84. The number of aromatic nitrogens is 1. The Morgan fingerprint density at radius 1 is 1.53 bits per heavy atom. The van der Waals surface area contributed by atoms with Crippen LogP contribution in [-0.2, 0) is 4.74 Å². The molecule has 0 aromatic carbocycles. The van der Waals surface area contributed by atoms with Crippen LogP contribution in [0.2, 0.25) is 0 Å². The minimum Gasteiger partial charge on any atom is -0.453 e. The van der Waals surface area contributed by atoms with E-state index in [9.17, 15) is 9.59 Å². The van der Waals surface area contributed by atoms with E-state index in [1.54, 1.807) is 35.0 Å². The van der Waals surface area contributed by atoms with Gasteiger partial charge >= 0.3 is 6.09 Å². The van der Waals surface area contributed by atoms with Gasteiger partial charge < -0.3 is 15.0 Å². The second-order valence-electron chi connectivity index (χ2n) is 3.96. The third-order valence-electron chi connectivity index (χ3n) is 2.79. The monoisotopic (exact) mass is 261 g/mol. The number of hydrogen-bond donors (Lipinski definition) is 1. The summed E-state index contributed by atoms with van der Waals surface area (Å²) in [5.74, 6) is -0.520. The molecule has 1 aliphatic carbocycles. The van der Waals surface area contributed by atoms with Gasteiger partial charge in [0.15, 0.2) is 0 Å². The number of primary amides is 1. The van der Waals surface area contributed by atoms with E-state index >= 15 is 0 Å². The number of rotatable bonds is 3. The van der Waals surface area contributed by atoms with E-state index in [0.717, 1.165) is 0 Å². The van der Waals surface area contributed by atoms with Gasteiger partial charge in [-0.15, -0.1) is 0 Å². The van der Waals surface area contributed by atoms with Crippen LogP contribution in [0.25, 0.3) is 10.4 Å². The molecule has 0 unspecified atom stereocenters. The fourth-order valence-corrected chi connectivity index (χ4v) is 2.02. The van der Waals surface area contributed by atoms with Crippen LogP contribution in [-0.4, -0.2) is 22.7 Å². The van der Waals surface area contributed by atoms with Gasteiger partial charge in [-0.2, -0.15) is 0 Å². The molecule has 1 aromatic rings. The van der Waals surface area contributed by atoms with Crippen molar-refractivity contribution in [2.24, 2.45) is 10.8 Å². The zero-order valence-electron chi connectivity index (χ0n) is 9.84. The number of amides is 2. The molecule has 8 nitrogen and oxygen atoms in total. The number of carbonyl (C=O) groups is 2. The van der Waals surface area contributed by atoms with Crippen molar-refractivity contribution in [3.8, 4) is 0 Å². The first-order chi connectivity index (χ1) is 9.11. The highest BCUT2D eigenvalue weighted by Crippen LogP contribution is 2.27. The van der Waals surface area contributed by atoms with E-state index in [-0.39, 0.29) is 6.04 Å². The molecule has 1 heterocycles. The maximum absolute atomic E-state index is 11.2. The molecule has 0 saturated carbocycles. The van der Waals surface area contributed by atoms with Crippen molar-refractivity contribution in [2.45, 2.75) is 18.6 Å². The van der Waals surface area contributed by atoms with Crippen molar-refractivity contribution in [2.75, 3.05) is 0 Å². The van der Waals surface area contributed by atoms with Crippen LogP contribution in [0.4, 0.5) is 4.79 Å². The third kappa shape index (κ3) is 2.75. The van der Waals surface area contributed by atoms with Crippen molar-refractivity contribution in [1.82, 2.24) is 4.57 Å². The molecule has 0 aliphatic heterocycles. The molecule has 1 aliphatic rings. The summed E-state index contributed by atoms with van der Waals surface area (Å²) in [6, 6.07) is 3.21. The molecule has 2 atom stereocenters. The second-order valence-corrected chi connectivity index (χ2v) is 3.96. The quantitative estimate of drug-likeness (QED) is 0.386. The maximum atomic E-state index is 11.2. The Bertz CT molecular complexity index is 585. The van der Waals surface area contributed by atoms with Crippen molar-refractivity contribution in [1.29, 1.82) is 0 Å². The lowest BCUT2D eigenvalue weighted by Gasteiger charge is -2.15. The van der Waals surface area contributed by atoms with Gasteiger partial charge in [0.25, 0.3) is 5.91 Å². The fourth-order valence-electron chi connectivity index (χ4n) is 2.02. The van der Waals surface area contributed by atoms with E-state index in [4.69, 9.17) is 16.0 Å². The van der Waals surface area contributed by atoms with Crippen LogP contribution in [0.1, 0.15) is 23.0 Å². The number of azide groups is 1. The van der Waals surface area contributed by atoms with Crippen LogP contribution in [0.5, 0.6) is 0 Å². The van der Waals surface area contributed by atoms with Gasteiger partial charge in [0.05, 0.1) is 6.04 Å². The second kappa shape index (κ2) is 5.28. The summed E-state index contributed by atoms with van der Waals surface area (Å²) in [7, 11) is 0. The lowest BCUT2D eigenvalue weighted by molar-refractivity contribution is 0.0986. The van der Waals surface area contributed by atoms with E-state index in [2.05, 4.69) is 10.0 Å². The molecule has 0 saturated heterocycles. The Labute approximate surface area is 108 Å². The molecule has 98 valence electrons. The molecule has 0 fully saturated rings. The molecule has 2 rings (SSSR count). The average Bonchev–Trinajstić information content (AvgIpc) is 2.96. The van der Waals surface area contributed by atoms with Gasteiger partial charge in [0, 0.05) is 22.6 Å². The van der Waals surface area contributed by atoms with Gasteiger partial charge in [-0.05, 0) is 23.7 Å². The molecule has 0 radical (unpaired) electrons. The smallest absolute Gasteiger partial charge is 0.397 e. The molecule has 8 heteroatoms. The molecule has 0 bridgehead atoms. The SMILES string of the molecule is [N-]=[N+]=NC(=O)O[C@H]1C=C[C@H](n2cccc2C(N)=O)C1. The number of carbonyl (C=O) groups excluding carboxylic acids is 2. The van der Waals surface area contributed by atoms with E-state index in [0.29, 0.717) is 12.1 Å². The summed E-state index contributed by atoms with van der Waals surface area (Å²) >= 11 is 0. The molecule has 19 heavy (non-hydrogen) atoms. The van der Waals surface area contributed by atoms with E-state index in [1.807, 2.05) is 0 Å². The Hall–Kier alpha value is -2.73. The zero-order chi connectivity index (χ0) is 13.8. The minimum atomic E-state index is -0.972. The van der Waals surface area contributed by atoms with E-state index in [1.165, 1.54) is 0 Å². The van der Waals surface area contributed by atoms with Crippen LogP contribution in [0.15, 0.2) is 35.6 Å². The average molecular weight is 261 g/mol. The van der Waals surface area contributed by atoms with Gasteiger partial charge in [-0.1, -0.05) is 6.08 Å². The molecule has 2 N–H and O–H groups in total. The van der Waals surface area contributed by atoms with Gasteiger partial charge in [0.2, 0.25) is 0 Å². The highest BCUT2D eigenvalue weighted by atomic mass is 16.6. The van der Waals surface area contributed by atoms with Gasteiger partial charge in [0.1, 0.15) is 11.8 Å². The Balaban J connectivity index is 2.05. The van der Waals surface area contributed by atoms with Crippen LogP contribution in [0, 0.1) is 0 Å². The molecule has 0 spiro atoms. The highest BCUT2D eigenvalue weighted by Gasteiger charge is 2.24. The first kappa shape index (κ1) is 12.7. The topological polar surface area (TPSA) is 123 Å². The number of nitrogens with two attached hydrogens (primary N) is 1. The minimum absolute atomic E-state index is 0.124. The molecular formula is C11H11N5O3. The van der Waals surface area contributed by atoms with Crippen molar-refractivity contribution >= 4 is 12.0 Å². The Kier molecular flexibility index (Phi) is 3.53. The summed E-state index contributed by atoms with van der Waals surface area (Å²) < 4.78 is 6.61. The summed E-state index contributed by atoms with van der Waals surface area (Å²) in [4.78, 5) is 24.6. The maximum Gasteiger partial charge on any atom is 0.397 e. The van der Waals surface area contributed by atoms with E-state index < -0.39 is 18.1 Å². The Morgan fingerprint density at radius 3 is 3.00 bits per heavy atom. The molecule has 1 aromatic heterocycles. The van der Waals surface area contributed by atoms with Crippen LogP contribution >= 0.6 is 0 Å². The fraction of sp³-hybridized carbons (Fsp3) is 0.273. The van der Waals surface area contributed by atoms with Gasteiger partial charge in [-0.3, -0.25) is 4.79 Å². The van der Waals surface area contributed by atoms with Crippen molar-refractivity contribution in [3.63, 3.8) is 0 Å². The first-order valence-electron chi connectivity index (χ1n) is 5.52. The molecule has 2 amide bonds.